The molecule has 0 aromatic heterocycles. The summed E-state index contributed by atoms with van der Waals surface area (Å²) in [7, 11) is -3.63. The third-order valence-corrected chi connectivity index (χ3v) is 7.67. The van der Waals surface area contributed by atoms with E-state index in [1.54, 1.807) is 24.3 Å². The van der Waals surface area contributed by atoms with Crippen molar-refractivity contribution >= 4 is 21.8 Å². The molecule has 1 fully saturated rings. The zero-order valence-corrected chi connectivity index (χ0v) is 20.6. The lowest BCUT2D eigenvalue weighted by Gasteiger charge is -2.34. The van der Waals surface area contributed by atoms with Crippen LogP contribution in [0.15, 0.2) is 64.5 Å². The maximum atomic E-state index is 12.9. The fraction of sp³-hybridized carbons (Fsp3) is 0.440. The number of amidine groups is 1. The Balaban J connectivity index is 1.28. The van der Waals surface area contributed by atoms with Gasteiger partial charge in [0.25, 0.3) is 10.0 Å². The Morgan fingerprint density at radius 2 is 1.65 bits per heavy atom. The first-order valence-corrected chi connectivity index (χ1v) is 13.3. The molecule has 182 valence electrons. The van der Waals surface area contributed by atoms with Crippen LogP contribution in [0.1, 0.15) is 25.0 Å². The largest absolute Gasteiger partial charge is 0.353 e. The van der Waals surface area contributed by atoms with Crippen LogP contribution in [0.4, 0.5) is 0 Å². The molecular weight excluding hydrogens is 450 g/mol. The van der Waals surface area contributed by atoms with Gasteiger partial charge in [-0.3, -0.25) is 24.3 Å². The molecule has 1 atom stereocenters. The van der Waals surface area contributed by atoms with E-state index in [1.165, 1.54) is 5.56 Å². The first kappa shape index (κ1) is 24.4. The van der Waals surface area contributed by atoms with Crippen LogP contribution in [0.5, 0.6) is 0 Å². The smallest absolute Gasteiger partial charge is 0.263 e. The second-order valence-electron chi connectivity index (χ2n) is 9.16. The summed E-state index contributed by atoms with van der Waals surface area (Å²) in [5, 5.41) is 3.00. The van der Waals surface area contributed by atoms with Crippen LogP contribution in [0.3, 0.4) is 0 Å². The topological polar surface area (TPSA) is 94.1 Å². The maximum absolute atomic E-state index is 12.9. The van der Waals surface area contributed by atoms with Crippen LogP contribution in [-0.4, -0.2) is 75.3 Å². The van der Waals surface area contributed by atoms with Gasteiger partial charge >= 0.3 is 0 Å². The molecule has 0 saturated carbocycles. The molecule has 0 unspecified atom stereocenters. The van der Waals surface area contributed by atoms with Crippen molar-refractivity contribution in [2.24, 2.45) is 10.9 Å². The normalized spacial score (nSPS) is 20.1. The van der Waals surface area contributed by atoms with Gasteiger partial charge in [0.05, 0.1) is 4.90 Å². The lowest BCUT2D eigenvalue weighted by atomic mass is 10.0. The van der Waals surface area contributed by atoms with Crippen molar-refractivity contribution in [2.45, 2.75) is 31.3 Å². The highest BCUT2D eigenvalue weighted by Crippen LogP contribution is 2.23. The van der Waals surface area contributed by atoms with Gasteiger partial charge in [0.15, 0.2) is 0 Å². The molecule has 2 aromatic carbocycles. The molecule has 0 spiro atoms. The summed E-state index contributed by atoms with van der Waals surface area (Å²) in [6, 6.07) is 16.5. The van der Waals surface area contributed by atoms with Gasteiger partial charge in [-0.25, -0.2) is 8.42 Å². The summed E-state index contributed by atoms with van der Waals surface area (Å²) in [5.74, 6) is -0.0286. The van der Waals surface area contributed by atoms with Crippen LogP contribution in [-0.2, 0) is 21.4 Å². The molecule has 8 nitrogen and oxygen atoms in total. The number of rotatable bonds is 8. The van der Waals surface area contributed by atoms with Crippen molar-refractivity contribution in [3.8, 4) is 0 Å². The van der Waals surface area contributed by atoms with E-state index in [9.17, 15) is 13.2 Å². The van der Waals surface area contributed by atoms with E-state index in [-0.39, 0.29) is 22.6 Å². The lowest BCUT2D eigenvalue weighted by molar-refractivity contribution is -0.123. The van der Waals surface area contributed by atoms with Gasteiger partial charge in [0, 0.05) is 51.4 Å². The van der Waals surface area contributed by atoms with Gasteiger partial charge in [-0.1, -0.05) is 56.3 Å². The molecule has 1 saturated heterocycles. The summed E-state index contributed by atoms with van der Waals surface area (Å²) < 4.78 is 27.2. The van der Waals surface area contributed by atoms with Gasteiger partial charge in [0.1, 0.15) is 11.9 Å². The fourth-order valence-electron chi connectivity index (χ4n) is 4.33. The second kappa shape index (κ2) is 10.7. The number of piperazine rings is 1. The minimum Gasteiger partial charge on any atom is -0.353 e. The predicted molar refractivity (Wildman–Crippen MR) is 133 cm³/mol. The second-order valence-corrected chi connectivity index (χ2v) is 10.8. The van der Waals surface area contributed by atoms with Gasteiger partial charge in [-0.15, -0.1) is 0 Å². The molecule has 2 aromatic rings. The van der Waals surface area contributed by atoms with Crippen molar-refractivity contribution in [3.05, 3.63) is 65.7 Å². The summed E-state index contributed by atoms with van der Waals surface area (Å²) in [6.07, 6.45) is 0. The SMILES string of the molecule is CC(C)[C@H](N=C1NS(=O)(=O)c2ccccc21)C(=O)NCCN1CCN(Cc2ccccc2)CC1. The fourth-order valence-corrected chi connectivity index (χ4v) is 5.57. The minimum atomic E-state index is -3.63. The zero-order valence-electron chi connectivity index (χ0n) is 19.8. The standard InChI is InChI=1S/C25H33N5O3S/c1-19(2)23(27-24-21-10-6-7-11-22(21)34(32,33)28-24)25(31)26-12-13-29-14-16-30(17-15-29)18-20-8-4-3-5-9-20/h3-11,19,23H,12-18H2,1-2H3,(H,26,31)(H,27,28)/t23-/m0/s1. The van der Waals surface area contributed by atoms with Gasteiger partial charge < -0.3 is 5.32 Å². The number of hydrogen-bond donors (Lipinski definition) is 2. The Bertz CT molecular complexity index is 1130. The zero-order chi connectivity index (χ0) is 24.1. The highest BCUT2D eigenvalue weighted by Gasteiger charge is 2.32. The van der Waals surface area contributed by atoms with Crippen LogP contribution in [0.25, 0.3) is 0 Å². The van der Waals surface area contributed by atoms with E-state index >= 15 is 0 Å². The number of aliphatic imine (C=N–C) groups is 1. The van der Waals surface area contributed by atoms with Crippen molar-refractivity contribution < 1.29 is 13.2 Å². The first-order chi connectivity index (χ1) is 16.3. The summed E-state index contributed by atoms with van der Waals surface area (Å²) in [6.45, 7) is 10.1. The van der Waals surface area contributed by atoms with E-state index in [0.717, 1.165) is 39.3 Å². The molecule has 9 heteroatoms. The van der Waals surface area contributed by atoms with Crippen LogP contribution >= 0.6 is 0 Å². The van der Waals surface area contributed by atoms with Crippen LogP contribution in [0, 0.1) is 5.92 Å². The number of nitrogens with zero attached hydrogens (tertiary/aromatic N) is 3. The highest BCUT2D eigenvalue weighted by molar-refractivity contribution is 7.90. The monoisotopic (exact) mass is 483 g/mol. The number of sulfonamides is 1. The first-order valence-electron chi connectivity index (χ1n) is 11.8. The molecule has 4 rings (SSSR count). The maximum Gasteiger partial charge on any atom is 0.263 e. The van der Waals surface area contributed by atoms with E-state index in [0.29, 0.717) is 12.1 Å². The third kappa shape index (κ3) is 5.84. The van der Waals surface area contributed by atoms with Gasteiger partial charge in [0.2, 0.25) is 5.91 Å². The van der Waals surface area contributed by atoms with Crippen LogP contribution < -0.4 is 10.0 Å². The summed E-state index contributed by atoms with van der Waals surface area (Å²) in [4.78, 5) is 22.5. The van der Waals surface area contributed by atoms with E-state index in [1.807, 2.05) is 19.9 Å². The third-order valence-electron chi connectivity index (χ3n) is 6.27. The van der Waals surface area contributed by atoms with E-state index in [2.05, 4.69) is 49.1 Å². The van der Waals surface area contributed by atoms with Gasteiger partial charge in [-0.05, 0) is 23.6 Å². The Morgan fingerprint density at radius 3 is 2.35 bits per heavy atom. The summed E-state index contributed by atoms with van der Waals surface area (Å²) in [5.41, 5.74) is 1.84. The Kier molecular flexibility index (Phi) is 7.65. The lowest BCUT2D eigenvalue weighted by Crippen LogP contribution is -2.48. The Morgan fingerprint density at radius 1 is 1.00 bits per heavy atom. The predicted octanol–water partition coefficient (Wildman–Crippen LogP) is 1.68. The molecule has 2 heterocycles. The molecular formula is C25H33N5O3S. The Hall–Kier alpha value is -2.75. The number of hydrogen-bond acceptors (Lipinski definition) is 6. The molecule has 1 amide bonds. The van der Waals surface area contributed by atoms with Gasteiger partial charge in [-0.2, -0.15) is 0 Å². The number of carbonyl (C=O) groups excluding carboxylic acids is 1. The Labute approximate surface area is 202 Å². The quantitative estimate of drug-likeness (QED) is 0.596. The number of nitrogens with one attached hydrogen (secondary N) is 2. The molecule has 2 N–H and O–H groups in total. The van der Waals surface area contributed by atoms with E-state index in [4.69, 9.17) is 0 Å². The molecule has 2 aliphatic heterocycles. The molecule has 0 radical (unpaired) electrons. The van der Waals surface area contributed by atoms with Crippen molar-refractivity contribution in [1.29, 1.82) is 0 Å². The number of benzene rings is 2. The highest BCUT2D eigenvalue weighted by atomic mass is 32.2. The number of amides is 1. The number of fused-ring (bicyclic) bond motifs is 1. The number of carbonyl (C=O) groups is 1. The minimum absolute atomic E-state index is 0.0775. The van der Waals surface area contributed by atoms with Crippen LogP contribution in [0.2, 0.25) is 0 Å². The molecule has 0 aliphatic carbocycles. The molecule has 34 heavy (non-hydrogen) atoms. The molecule has 2 aliphatic rings. The van der Waals surface area contributed by atoms with E-state index < -0.39 is 16.1 Å². The van der Waals surface area contributed by atoms with Crippen molar-refractivity contribution in [3.63, 3.8) is 0 Å². The average Bonchev–Trinajstić information content (AvgIpc) is 3.09. The van der Waals surface area contributed by atoms with Crippen molar-refractivity contribution in [1.82, 2.24) is 19.8 Å². The summed E-state index contributed by atoms with van der Waals surface area (Å²) >= 11 is 0. The van der Waals surface area contributed by atoms with Crippen molar-refractivity contribution in [2.75, 3.05) is 39.3 Å². The average molecular weight is 484 g/mol. The molecule has 0 bridgehead atoms.